The van der Waals surface area contributed by atoms with Crippen molar-refractivity contribution in [3.05, 3.63) is 64.0 Å². The Morgan fingerprint density at radius 2 is 2.19 bits per heavy atom. The molecule has 2 aromatic rings. The number of nitrogens with zero attached hydrogens (tertiary/aromatic N) is 2. The Balaban J connectivity index is 2.19. The van der Waals surface area contributed by atoms with Crippen LogP contribution in [0.2, 0.25) is 0 Å². The minimum Gasteiger partial charge on any atom is -0.388 e. The Morgan fingerprint density at radius 1 is 1.38 bits per heavy atom. The van der Waals surface area contributed by atoms with Gasteiger partial charge in [-0.1, -0.05) is 6.07 Å². The highest BCUT2D eigenvalue weighted by Gasteiger charge is 2.20. The van der Waals surface area contributed by atoms with Crippen LogP contribution in [0.1, 0.15) is 15.9 Å². The Labute approximate surface area is 121 Å². The fourth-order valence-corrected chi connectivity index (χ4v) is 1.81. The van der Waals surface area contributed by atoms with E-state index in [2.05, 4.69) is 15.6 Å². The van der Waals surface area contributed by atoms with Gasteiger partial charge in [-0.3, -0.25) is 19.9 Å². The summed E-state index contributed by atoms with van der Waals surface area (Å²) in [7, 11) is 1.68. The first-order valence-corrected chi connectivity index (χ1v) is 6.25. The molecule has 0 aliphatic carbocycles. The Kier molecular flexibility index (Phi) is 4.45. The molecule has 1 aromatic carbocycles. The van der Waals surface area contributed by atoms with Crippen molar-refractivity contribution < 1.29 is 9.72 Å². The van der Waals surface area contributed by atoms with Crippen LogP contribution in [0.3, 0.4) is 0 Å². The first-order chi connectivity index (χ1) is 10.1. The fraction of sp³-hybridized carbons (Fsp3) is 0.143. The molecule has 0 unspecified atom stereocenters. The number of aromatic nitrogens is 1. The second-order valence-corrected chi connectivity index (χ2v) is 4.28. The van der Waals surface area contributed by atoms with Crippen molar-refractivity contribution in [3.63, 3.8) is 0 Å². The van der Waals surface area contributed by atoms with Gasteiger partial charge in [-0.05, 0) is 23.8 Å². The van der Waals surface area contributed by atoms with Crippen molar-refractivity contribution in [1.82, 2.24) is 10.3 Å². The van der Waals surface area contributed by atoms with E-state index in [-0.39, 0.29) is 17.8 Å². The zero-order valence-corrected chi connectivity index (χ0v) is 11.4. The van der Waals surface area contributed by atoms with Crippen LogP contribution in [0, 0.1) is 10.1 Å². The molecule has 0 fully saturated rings. The standard InChI is InChI=1S/C14H14N4O3/c1-15-11-4-5-13(18(20)21)12(7-11)14(19)17-9-10-3-2-6-16-8-10/h2-8,15H,9H2,1H3,(H,17,19). The van der Waals surface area contributed by atoms with Gasteiger partial charge in [0.15, 0.2) is 0 Å². The van der Waals surface area contributed by atoms with Crippen molar-refractivity contribution in [3.8, 4) is 0 Å². The second-order valence-electron chi connectivity index (χ2n) is 4.28. The summed E-state index contributed by atoms with van der Waals surface area (Å²) in [5.74, 6) is -0.498. The third kappa shape index (κ3) is 3.53. The summed E-state index contributed by atoms with van der Waals surface area (Å²) in [4.78, 5) is 26.5. The maximum Gasteiger partial charge on any atom is 0.282 e. The number of nitro benzene ring substituents is 1. The van der Waals surface area contributed by atoms with E-state index in [9.17, 15) is 14.9 Å². The van der Waals surface area contributed by atoms with Crippen LogP contribution in [0.4, 0.5) is 11.4 Å². The molecule has 21 heavy (non-hydrogen) atoms. The van der Waals surface area contributed by atoms with Crippen LogP contribution < -0.4 is 10.6 Å². The van der Waals surface area contributed by atoms with Crippen LogP contribution in [0.5, 0.6) is 0 Å². The van der Waals surface area contributed by atoms with E-state index in [1.807, 2.05) is 6.07 Å². The van der Waals surface area contributed by atoms with Crippen molar-refractivity contribution in [2.45, 2.75) is 6.54 Å². The molecule has 0 saturated carbocycles. The highest BCUT2D eigenvalue weighted by atomic mass is 16.6. The minimum atomic E-state index is -0.571. The first kappa shape index (κ1) is 14.4. The maximum atomic E-state index is 12.1. The molecular weight excluding hydrogens is 272 g/mol. The van der Waals surface area contributed by atoms with Gasteiger partial charge in [-0.2, -0.15) is 0 Å². The molecule has 1 heterocycles. The molecule has 7 nitrogen and oxygen atoms in total. The number of hydrogen-bond donors (Lipinski definition) is 2. The summed E-state index contributed by atoms with van der Waals surface area (Å²) in [6, 6.07) is 7.88. The number of pyridine rings is 1. The zero-order valence-electron chi connectivity index (χ0n) is 11.4. The van der Waals surface area contributed by atoms with E-state index in [1.54, 1.807) is 31.6 Å². The summed E-state index contributed by atoms with van der Waals surface area (Å²) < 4.78 is 0. The molecule has 1 aromatic heterocycles. The fourth-order valence-electron chi connectivity index (χ4n) is 1.81. The quantitative estimate of drug-likeness (QED) is 0.647. The molecule has 0 aliphatic heterocycles. The largest absolute Gasteiger partial charge is 0.388 e. The van der Waals surface area contributed by atoms with Gasteiger partial charge in [0.25, 0.3) is 11.6 Å². The Bertz CT molecular complexity index is 659. The minimum absolute atomic E-state index is 0.0238. The van der Waals surface area contributed by atoms with Gasteiger partial charge in [0, 0.05) is 37.7 Å². The lowest BCUT2D eigenvalue weighted by Gasteiger charge is -2.07. The van der Waals surface area contributed by atoms with Crippen LogP contribution in [0.15, 0.2) is 42.7 Å². The normalized spacial score (nSPS) is 9.95. The van der Waals surface area contributed by atoms with E-state index in [4.69, 9.17) is 0 Å². The highest BCUT2D eigenvalue weighted by Crippen LogP contribution is 2.22. The summed E-state index contributed by atoms with van der Waals surface area (Å²) in [6.45, 7) is 0.258. The van der Waals surface area contributed by atoms with E-state index in [1.165, 1.54) is 12.1 Å². The molecule has 108 valence electrons. The number of nitrogens with one attached hydrogen (secondary N) is 2. The van der Waals surface area contributed by atoms with Crippen molar-refractivity contribution in [1.29, 1.82) is 0 Å². The summed E-state index contributed by atoms with van der Waals surface area (Å²) in [5.41, 5.74) is 1.25. The van der Waals surface area contributed by atoms with Gasteiger partial charge < -0.3 is 10.6 Å². The predicted molar refractivity (Wildman–Crippen MR) is 78.1 cm³/mol. The Morgan fingerprint density at radius 3 is 2.81 bits per heavy atom. The van der Waals surface area contributed by atoms with Crippen molar-refractivity contribution in [2.75, 3.05) is 12.4 Å². The van der Waals surface area contributed by atoms with E-state index in [0.717, 1.165) is 5.56 Å². The van der Waals surface area contributed by atoms with Gasteiger partial charge in [-0.25, -0.2) is 0 Å². The predicted octanol–water partition coefficient (Wildman–Crippen LogP) is 1.96. The van der Waals surface area contributed by atoms with Gasteiger partial charge in [0.1, 0.15) is 5.56 Å². The zero-order chi connectivity index (χ0) is 15.2. The van der Waals surface area contributed by atoms with Crippen LogP contribution in [-0.2, 0) is 6.54 Å². The molecule has 0 spiro atoms. The monoisotopic (exact) mass is 286 g/mol. The lowest BCUT2D eigenvalue weighted by Crippen LogP contribution is -2.23. The SMILES string of the molecule is CNc1ccc([N+](=O)[O-])c(C(=O)NCc2cccnc2)c1. The number of hydrogen-bond acceptors (Lipinski definition) is 5. The topological polar surface area (TPSA) is 97.2 Å². The molecule has 2 rings (SSSR count). The van der Waals surface area contributed by atoms with E-state index in [0.29, 0.717) is 5.69 Å². The molecule has 0 saturated heterocycles. The molecule has 1 amide bonds. The third-order valence-corrected chi connectivity index (χ3v) is 2.90. The Hall–Kier alpha value is -2.96. The third-order valence-electron chi connectivity index (χ3n) is 2.90. The van der Waals surface area contributed by atoms with Gasteiger partial charge in [0.05, 0.1) is 4.92 Å². The van der Waals surface area contributed by atoms with Crippen molar-refractivity contribution in [2.24, 2.45) is 0 Å². The maximum absolute atomic E-state index is 12.1. The van der Waals surface area contributed by atoms with Gasteiger partial charge in [-0.15, -0.1) is 0 Å². The van der Waals surface area contributed by atoms with E-state index < -0.39 is 10.8 Å². The average molecular weight is 286 g/mol. The van der Waals surface area contributed by atoms with Crippen LogP contribution in [-0.4, -0.2) is 22.9 Å². The highest BCUT2D eigenvalue weighted by molar-refractivity contribution is 5.99. The van der Waals surface area contributed by atoms with Crippen molar-refractivity contribution >= 4 is 17.3 Å². The number of benzene rings is 1. The van der Waals surface area contributed by atoms with Gasteiger partial charge in [0.2, 0.25) is 0 Å². The lowest BCUT2D eigenvalue weighted by atomic mass is 10.1. The molecule has 0 atom stereocenters. The van der Waals surface area contributed by atoms with Gasteiger partial charge >= 0.3 is 0 Å². The molecule has 0 radical (unpaired) electrons. The summed E-state index contributed by atoms with van der Waals surface area (Å²) in [6.07, 6.45) is 3.26. The van der Waals surface area contributed by atoms with Crippen LogP contribution >= 0.6 is 0 Å². The lowest BCUT2D eigenvalue weighted by molar-refractivity contribution is -0.385. The number of anilines is 1. The average Bonchev–Trinajstić information content (AvgIpc) is 2.52. The molecule has 0 bridgehead atoms. The molecular formula is C14H14N4O3. The molecule has 2 N–H and O–H groups in total. The number of amides is 1. The smallest absolute Gasteiger partial charge is 0.282 e. The number of carbonyl (C=O) groups is 1. The molecule has 0 aliphatic rings. The van der Waals surface area contributed by atoms with E-state index >= 15 is 0 Å². The van der Waals surface area contributed by atoms with Crippen LogP contribution in [0.25, 0.3) is 0 Å². The number of carbonyl (C=O) groups excluding carboxylic acids is 1. The number of rotatable bonds is 5. The number of nitro groups is 1. The first-order valence-electron chi connectivity index (χ1n) is 6.25. The second kappa shape index (κ2) is 6.47. The summed E-state index contributed by atoms with van der Waals surface area (Å²) >= 11 is 0. The summed E-state index contributed by atoms with van der Waals surface area (Å²) in [5, 5.41) is 16.5. The molecule has 7 heteroatoms.